The number of ether oxygens (including phenoxy) is 2. The molecule has 1 aliphatic heterocycles. The molecule has 0 aromatic heterocycles. The predicted molar refractivity (Wildman–Crippen MR) is 131 cm³/mol. The minimum absolute atomic E-state index is 0.0112. The molecule has 2 rings (SSSR count). The summed E-state index contributed by atoms with van der Waals surface area (Å²) in [5.74, 6) is -2.33. The van der Waals surface area contributed by atoms with Crippen LogP contribution in [0.4, 0.5) is 10.5 Å². The molecule has 1 aromatic carbocycles. The first-order valence-electron chi connectivity index (χ1n) is 9.73. The molecule has 3 unspecified atom stereocenters. The van der Waals surface area contributed by atoms with Crippen molar-refractivity contribution in [3.05, 3.63) is 23.8 Å². The number of nitrogens with one attached hydrogen (secondary N) is 1. The third-order valence-corrected chi connectivity index (χ3v) is 7.32. The van der Waals surface area contributed by atoms with Crippen LogP contribution in [-0.4, -0.2) is 106 Å². The van der Waals surface area contributed by atoms with E-state index in [-0.39, 0.29) is 18.0 Å². The van der Waals surface area contributed by atoms with Gasteiger partial charge >= 0.3 is 167 Å². The molecule has 0 bridgehead atoms. The Kier molecular flexibility index (Phi) is 10.7. The van der Waals surface area contributed by atoms with Crippen LogP contribution in [0.5, 0.6) is 5.75 Å². The second-order valence-corrected chi connectivity index (χ2v) is 10.8. The van der Waals surface area contributed by atoms with Crippen LogP contribution >= 0.6 is 29.0 Å². The first-order valence-corrected chi connectivity index (χ1v) is 13.5. The standard InChI is InChI=1S/C17H23B2IN2O11S/c1-22(17(30)33-34(20)19-18)5-10(24)21-8-4-7(6-23)2-3-9(8)31-16-13(27)11(25)12(26)14(32-16)15(28)29/h2-4,11-14,16,23,25-27H,5-6,18H2,1H3,(H,21,24)(H,28,29)/t11-,12-,13?,14?,16+,34?/m0/s1. The molecule has 1 heterocycles. The first-order chi connectivity index (χ1) is 16.0. The summed E-state index contributed by atoms with van der Waals surface area (Å²) in [5.41, 5.74) is 0.393. The molecule has 17 heteroatoms. The fourth-order valence-electron chi connectivity index (χ4n) is 2.80. The van der Waals surface area contributed by atoms with Gasteiger partial charge in [-0.3, -0.25) is 0 Å². The average molecular weight is 612 g/mol. The van der Waals surface area contributed by atoms with Crippen LogP contribution in [0.3, 0.4) is 0 Å². The zero-order valence-electron chi connectivity index (χ0n) is 18.0. The number of hydrogen-bond donors (Lipinski definition) is 6. The average Bonchev–Trinajstić information content (AvgIpc) is 2.79. The summed E-state index contributed by atoms with van der Waals surface area (Å²) in [7, 11) is 2.33. The number of carbonyl (C=O) groups is 3. The topological polar surface area (TPSA) is 195 Å². The molecule has 1 aromatic rings. The molecule has 6 N–H and O–H groups in total. The van der Waals surface area contributed by atoms with Gasteiger partial charge in [-0.1, -0.05) is 0 Å². The SMILES string of the molecule is B/B=S(\I)OC(=O)N(C)CC(=O)Nc1cc(CO)ccc1O[C@@H]1OC(C(=O)O)[C@@H](O)[C@H](O)C1O. The number of amides is 2. The number of aliphatic carboxylic acids is 1. The van der Waals surface area contributed by atoms with Gasteiger partial charge in [0.25, 0.3) is 0 Å². The van der Waals surface area contributed by atoms with E-state index in [0.29, 0.717) is 5.56 Å². The predicted octanol–water partition coefficient (Wildman–Crippen LogP) is -1.84. The fraction of sp³-hybridized carbons (Fsp3) is 0.471. The third kappa shape index (κ3) is 7.37. The van der Waals surface area contributed by atoms with Crippen molar-refractivity contribution in [1.29, 1.82) is 0 Å². The number of carbonyl (C=O) groups excluding carboxylic acids is 2. The van der Waals surface area contributed by atoms with E-state index in [2.05, 4.69) is 5.32 Å². The summed E-state index contributed by atoms with van der Waals surface area (Å²) >= 11 is 1.91. The van der Waals surface area contributed by atoms with Crippen LogP contribution in [0.1, 0.15) is 5.56 Å². The van der Waals surface area contributed by atoms with Crippen LogP contribution in [0.15, 0.2) is 18.2 Å². The van der Waals surface area contributed by atoms with Gasteiger partial charge in [-0.05, 0) is 0 Å². The van der Waals surface area contributed by atoms with E-state index >= 15 is 0 Å². The number of aliphatic hydroxyl groups excluding tert-OH is 4. The van der Waals surface area contributed by atoms with Gasteiger partial charge in [0, 0.05) is 0 Å². The quantitative estimate of drug-likeness (QED) is 0.143. The number of hydrogen-bond acceptors (Lipinski definition) is 10. The van der Waals surface area contributed by atoms with Crippen molar-refractivity contribution in [2.45, 2.75) is 37.3 Å². The van der Waals surface area contributed by atoms with Gasteiger partial charge in [-0.2, -0.15) is 0 Å². The zero-order valence-corrected chi connectivity index (χ0v) is 21.0. The van der Waals surface area contributed by atoms with Gasteiger partial charge in [0.1, 0.15) is 12.2 Å². The number of halogens is 1. The van der Waals surface area contributed by atoms with E-state index in [0.717, 1.165) is 4.90 Å². The van der Waals surface area contributed by atoms with Gasteiger partial charge in [-0.25, -0.2) is 4.79 Å². The van der Waals surface area contributed by atoms with Crippen LogP contribution in [0.2, 0.25) is 0 Å². The Labute approximate surface area is 210 Å². The number of nitrogens with zero attached hydrogens (tertiary/aromatic N) is 1. The van der Waals surface area contributed by atoms with E-state index < -0.39 is 63.0 Å². The van der Waals surface area contributed by atoms with Crippen molar-refractivity contribution in [3.8, 4) is 5.75 Å². The molecule has 0 saturated carbocycles. The summed E-state index contributed by atoms with van der Waals surface area (Å²) in [5, 5.41) is 51.0. The molecule has 0 aliphatic carbocycles. The van der Waals surface area contributed by atoms with E-state index in [1.807, 2.05) is 21.2 Å². The summed E-state index contributed by atoms with van der Waals surface area (Å²) in [6.45, 7) is -0.775. The number of carboxylic acid groups (broad SMARTS) is 1. The van der Waals surface area contributed by atoms with E-state index in [1.54, 1.807) is 13.8 Å². The summed E-state index contributed by atoms with van der Waals surface area (Å²) < 4.78 is 15.7. The smallest absolute Gasteiger partial charge is 0.479 e. The van der Waals surface area contributed by atoms with Crippen LogP contribution < -0.4 is 10.1 Å². The summed E-state index contributed by atoms with van der Waals surface area (Å²) in [6.07, 6.45) is -9.90. The molecule has 186 valence electrons. The van der Waals surface area contributed by atoms with Gasteiger partial charge in [-0.15, -0.1) is 0 Å². The first kappa shape index (κ1) is 28.5. The summed E-state index contributed by atoms with van der Waals surface area (Å²) in [4.78, 5) is 36.9. The Balaban J connectivity index is 2.19. The molecular weight excluding hydrogens is 589 g/mol. The van der Waals surface area contributed by atoms with Crippen molar-refractivity contribution in [2.75, 3.05) is 18.9 Å². The number of carboxylic acids is 1. The van der Waals surface area contributed by atoms with E-state index in [1.165, 1.54) is 25.2 Å². The Morgan fingerprint density at radius 1 is 1.26 bits per heavy atom. The number of likely N-dealkylation sites (N-methyl/N-ethyl adjacent to an activating group) is 1. The van der Waals surface area contributed by atoms with Crippen LogP contribution in [-0.2, 0) is 25.1 Å². The zero-order chi connectivity index (χ0) is 25.6. The van der Waals surface area contributed by atoms with Crippen molar-refractivity contribution in [3.63, 3.8) is 0 Å². The number of benzene rings is 1. The molecule has 13 nitrogen and oxygen atoms in total. The molecule has 1 saturated heterocycles. The number of aliphatic hydroxyl groups is 4. The van der Waals surface area contributed by atoms with Gasteiger partial charge in [0.2, 0.25) is 0 Å². The Morgan fingerprint density at radius 3 is 2.53 bits per heavy atom. The maximum atomic E-state index is 12.5. The van der Waals surface area contributed by atoms with Crippen molar-refractivity contribution in [1.82, 2.24) is 4.90 Å². The van der Waals surface area contributed by atoms with Gasteiger partial charge < -0.3 is 20.4 Å². The Hall–Kier alpha value is -1.76. The maximum absolute atomic E-state index is 12.5. The number of anilines is 1. The second kappa shape index (κ2) is 12.8. The van der Waals surface area contributed by atoms with E-state index in [4.69, 9.17) is 13.7 Å². The van der Waals surface area contributed by atoms with E-state index in [9.17, 15) is 39.9 Å². The third-order valence-electron chi connectivity index (χ3n) is 4.59. The Bertz CT molecular complexity index is 956. The van der Waals surface area contributed by atoms with Gasteiger partial charge in [0.15, 0.2) is 6.10 Å². The minimum Gasteiger partial charge on any atom is -0.479 e. The molecule has 34 heavy (non-hydrogen) atoms. The second-order valence-electron chi connectivity index (χ2n) is 7.08. The van der Waals surface area contributed by atoms with Crippen molar-refractivity contribution >= 4 is 66.4 Å². The van der Waals surface area contributed by atoms with Gasteiger partial charge in [0.05, 0.1) is 0 Å². The van der Waals surface area contributed by atoms with Crippen molar-refractivity contribution < 1.29 is 53.6 Å². The molecule has 0 spiro atoms. The normalized spacial score (nSPS) is 25.1. The van der Waals surface area contributed by atoms with Crippen molar-refractivity contribution in [2.24, 2.45) is 0 Å². The fourth-order valence-corrected chi connectivity index (χ4v) is 3.62. The van der Waals surface area contributed by atoms with Crippen LogP contribution in [0.25, 0.3) is 0 Å². The monoisotopic (exact) mass is 612 g/mol. The minimum atomic E-state index is -1.90. The van der Waals surface area contributed by atoms with Crippen LogP contribution in [0, 0.1) is 0 Å². The Morgan fingerprint density at radius 2 is 1.94 bits per heavy atom. The number of rotatable bonds is 8. The molecular formula is C17H23B2IN2O11S. The molecule has 0 radical (unpaired) electrons. The molecule has 2 amide bonds. The molecule has 1 aliphatic rings. The summed E-state index contributed by atoms with van der Waals surface area (Å²) in [6, 6.07) is 5.78. The molecule has 1 fully saturated rings. The molecule has 6 atom stereocenters.